The number of nitrogens with zero attached hydrogens (tertiary/aromatic N) is 1. The molecule has 2 atom stereocenters. The van der Waals surface area contributed by atoms with Gasteiger partial charge in [0.25, 0.3) is 0 Å². The van der Waals surface area contributed by atoms with Gasteiger partial charge in [-0.25, -0.2) is 0 Å². The molecule has 1 aromatic rings. The Morgan fingerprint density at radius 1 is 1.40 bits per heavy atom. The average Bonchev–Trinajstić information content (AvgIpc) is 2.81. The molecule has 110 valence electrons. The van der Waals surface area contributed by atoms with Gasteiger partial charge >= 0.3 is 0 Å². The van der Waals surface area contributed by atoms with E-state index in [2.05, 4.69) is 6.92 Å². The standard InChI is InChI=1S/C16H24N2O2/c1-3-6-13-10-18(11-14(13)17)16(19)9-12-7-4-5-8-15(12)20-2/h4-5,7-8,13-14H,3,6,9-11,17H2,1-2H3/t13-,14-/m1/s1. The van der Waals surface area contributed by atoms with E-state index in [4.69, 9.17) is 10.5 Å². The molecule has 1 heterocycles. The van der Waals surface area contributed by atoms with Crippen LogP contribution in [0.15, 0.2) is 24.3 Å². The van der Waals surface area contributed by atoms with Crippen LogP contribution < -0.4 is 10.5 Å². The van der Waals surface area contributed by atoms with Gasteiger partial charge < -0.3 is 15.4 Å². The summed E-state index contributed by atoms with van der Waals surface area (Å²) in [4.78, 5) is 14.3. The van der Waals surface area contributed by atoms with E-state index < -0.39 is 0 Å². The zero-order chi connectivity index (χ0) is 14.5. The van der Waals surface area contributed by atoms with E-state index in [1.165, 1.54) is 0 Å². The third-order valence-electron chi connectivity index (χ3n) is 4.04. The van der Waals surface area contributed by atoms with E-state index in [0.717, 1.165) is 30.7 Å². The van der Waals surface area contributed by atoms with Gasteiger partial charge in [-0.15, -0.1) is 0 Å². The van der Waals surface area contributed by atoms with Gasteiger partial charge in [0.2, 0.25) is 5.91 Å². The normalized spacial score (nSPS) is 22.1. The Labute approximate surface area is 120 Å². The van der Waals surface area contributed by atoms with Crippen molar-refractivity contribution in [3.63, 3.8) is 0 Å². The molecule has 0 saturated carbocycles. The van der Waals surface area contributed by atoms with E-state index in [1.807, 2.05) is 29.2 Å². The molecule has 0 spiro atoms. The number of carbonyl (C=O) groups excluding carboxylic acids is 1. The maximum absolute atomic E-state index is 12.4. The minimum absolute atomic E-state index is 0.122. The van der Waals surface area contributed by atoms with E-state index in [1.54, 1.807) is 7.11 Å². The number of likely N-dealkylation sites (tertiary alicyclic amines) is 1. The van der Waals surface area contributed by atoms with Crippen molar-refractivity contribution in [1.82, 2.24) is 4.90 Å². The van der Waals surface area contributed by atoms with Crippen LogP contribution in [0.1, 0.15) is 25.3 Å². The SMILES string of the molecule is CCC[C@@H]1CN(C(=O)Cc2ccccc2OC)C[C@H]1N. The van der Waals surface area contributed by atoms with Gasteiger partial charge in [0.1, 0.15) is 5.75 Å². The molecule has 0 aromatic heterocycles. The second kappa shape index (κ2) is 6.75. The number of carbonyl (C=O) groups is 1. The molecule has 1 aromatic carbocycles. The Hall–Kier alpha value is -1.55. The van der Waals surface area contributed by atoms with Crippen molar-refractivity contribution in [3.05, 3.63) is 29.8 Å². The van der Waals surface area contributed by atoms with Crippen molar-refractivity contribution in [1.29, 1.82) is 0 Å². The van der Waals surface area contributed by atoms with Gasteiger partial charge in [0.05, 0.1) is 13.5 Å². The molecule has 0 radical (unpaired) electrons. The number of benzene rings is 1. The molecule has 1 saturated heterocycles. The first-order valence-electron chi connectivity index (χ1n) is 7.31. The molecule has 1 amide bonds. The second-order valence-corrected chi connectivity index (χ2v) is 5.50. The molecule has 20 heavy (non-hydrogen) atoms. The summed E-state index contributed by atoms with van der Waals surface area (Å²) in [5.74, 6) is 1.36. The van der Waals surface area contributed by atoms with Gasteiger partial charge in [-0.1, -0.05) is 31.5 Å². The number of ether oxygens (including phenoxy) is 1. The quantitative estimate of drug-likeness (QED) is 0.892. The molecule has 1 fully saturated rings. The van der Waals surface area contributed by atoms with E-state index in [9.17, 15) is 4.79 Å². The number of methoxy groups -OCH3 is 1. The first-order chi connectivity index (χ1) is 9.65. The summed E-state index contributed by atoms with van der Waals surface area (Å²) >= 11 is 0. The van der Waals surface area contributed by atoms with Crippen LogP contribution in [0.2, 0.25) is 0 Å². The summed E-state index contributed by atoms with van der Waals surface area (Å²) in [5.41, 5.74) is 7.06. The highest BCUT2D eigenvalue weighted by molar-refractivity contribution is 5.80. The molecular formula is C16H24N2O2. The number of hydrogen-bond donors (Lipinski definition) is 1. The first-order valence-corrected chi connectivity index (χ1v) is 7.31. The van der Waals surface area contributed by atoms with Crippen molar-refractivity contribution in [2.75, 3.05) is 20.2 Å². The molecule has 1 aliphatic rings. The van der Waals surface area contributed by atoms with Crippen molar-refractivity contribution < 1.29 is 9.53 Å². The van der Waals surface area contributed by atoms with Gasteiger partial charge in [-0.05, 0) is 18.4 Å². The lowest BCUT2D eigenvalue weighted by molar-refractivity contribution is -0.129. The molecule has 4 nitrogen and oxygen atoms in total. The van der Waals surface area contributed by atoms with Gasteiger partial charge in [0.15, 0.2) is 0 Å². The average molecular weight is 276 g/mol. The van der Waals surface area contributed by atoms with Crippen LogP contribution in [-0.2, 0) is 11.2 Å². The van der Waals surface area contributed by atoms with Crippen molar-refractivity contribution in [2.45, 2.75) is 32.2 Å². The first kappa shape index (κ1) is 14.9. The zero-order valence-corrected chi connectivity index (χ0v) is 12.3. The largest absolute Gasteiger partial charge is 0.496 e. The maximum Gasteiger partial charge on any atom is 0.227 e. The third kappa shape index (κ3) is 3.31. The molecule has 2 N–H and O–H groups in total. The highest BCUT2D eigenvalue weighted by atomic mass is 16.5. The Bertz CT molecular complexity index is 462. The number of para-hydroxylation sites is 1. The monoisotopic (exact) mass is 276 g/mol. The smallest absolute Gasteiger partial charge is 0.227 e. The minimum atomic E-state index is 0.122. The van der Waals surface area contributed by atoms with E-state index >= 15 is 0 Å². The van der Waals surface area contributed by atoms with Crippen molar-refractivity contribution >= 4 is 5.91 Å². The van der Waals surface area contributed by atoms with Crippen LogP contribution in [0.4, 0.5) is 0 Å². The summed E-state index contributed by atoms with van der Waals surface area (Å²) in [6, 6.07) is 7.79. The Morgan fingerprint density at radius 2 is 2.15 bits per heavy atom. The molecule has 0 aliphatic carbocycles. The topological polar surface area (TPSA) is 55.6 Å². The Morgan fingerprint density at radius 3 is 2.85 bits per heavy atom. The molecular weight excluding hydrogens is 252 g/mol. The number of hydrogen-bond acceptors (Lipinski definition) is 3. The number of rotatable bonds is 5. The fraction of sp³-hybridized carbons (Fsp3) is 0.562. The highest BCUT2D eigenvalue weighted by Crippen LogP contribution is 2.23. The predicted molar refractivity (Wildman–Crippen MR) is 79.7 cm³/mol. The summed E-state index contributed by atoms with van der Waals surface area (Å²) < 4.78 is 5.29. The molecule has 0 bridgehead atoms. The van der Waals surface area contributed by atoms with Crippen LogP contribution in [0.3, 0.4) is 0 Å². The predicted octanol–water partition coefficient (Wildman–Crippen LogP) is 1.82. The Balaban J connectivity index is 1.99. The van der Waals surface area contributed by atoms with Gasteiger partial charge in [-0.3, -0.25) is 4.79 Å². The third-order valence-corrected chi connectivity index (χ3v) is 4.04. The van der Waals surface area contributed by atoms with Crippen molar-refractivity contribution in [2.24, 2.45) is 11.7 Å². The van der Waals surface area contributed by atoms with E-state index in [-0.39, 0.29) is 11.9 Å². The molecule has 1 aliphatic heterocycles. The molecule has 0 unspecified atom stereocenters. The van der Waals surface area contributed by atoms with Gasteiger partial charge in [0, 0.05) is 24.7 Å². The Kier molecular flexibility index (Phi) is 5.01. The van der Waals surface area contributed by atoms with Crippen LogP contribution in [-0.4, -0.2) is 37.0 Å². The molecule has 2 rings (SSSR count). The van der Waals surface area contributed by atoms with Crippen LogP contribution in [0, 0.1) is 5.92 Å². The zero-order valence-electron chi connectivity index (χ0n) is 12.3. The lowest BCUT2D eigenvalue weighted by Crippen LogP contribution is -2.33. The fourth-order valence-corrected chi connectivity index (χ4v) is 2.90. The summed E-state index contributed by atoms with van der Waals surface area (Å²) in [6.07, 6.45) is 2.60. The van der Waals surface area contributed by atoms with Gasteiger partial charge in [-0.2, -0.15) is 0 Å². The van der Waals surface area contributed by atoms with Crippen molar-refractivity contribution in [3.8, 4) is 5.75 Å². The highest BCUT2D eigenvalue weighted by Gasteiger charge is 2.32. The number of nitrogens with two attached hydrogens (primary N) is 1. The van der Waals surface area contributed by atoms with Crippen LogP contribution in [0.25, 0.3) is 0 Å². The fourth-order valence-electron chi connectivity index (χ4n) is 2.90. The van der Waals surface area contributed by atoms with Crippen LogP contribution >= 0.6 is 0 Å². The summed E-state index contributed by atoms with van der Waals surface area (Å²) in [5, 5.41) is 0. The molecule has 4 heteroatoms. The number of amides is 1. The lowest BCUT2D eigenvalue weighted by atomic mass is 9.99. The van der Waals surface area contributed by atoms with E-state index in [0.29, 0.717) is 18.9 Å². The summed E-state index contributed by atoms with van der Waals surface area (Å²) in [7, 11) is 1.63. The summed E-state index contributed by atoms with van der Waals surface area (Å²) in [6.45, 7) is 3.63. The van der Waals surface area contributed by atoms with Crippen LogP contribution in [0.5, 0.6) is 5.75 Å². The second-order valence-electron chi connectivity index (χ2n) is 5.50. The minimum Gasteiger partial charge on any atom is -0.496 e. The lowest BCUT2D eigenvalue weighted by Gasteiger charge is -2.17. The maximum atomic E-state index is 12.4.